The molecule has 0 saturated carbocycles. The molecule has 1 aliphatic heterocycles. The number of amides is 1. The van der Waals surface area contributed by atoms with Crippen LogP contribution in [0, 0.1) is 0 Å². The molecule has 3 aromatic rings. The molecule has 25 heavy (non-hydrogen) atoms. The first kappa shape index (κ1) is 15.8. The van der Waals surface area contributed by atoms with Gasteiger partial charge < -0.3 is 15.6 Å². The van der Waals surface area contributed by atoms with Gasteiger partial charge in [0.2, 0.25) is 5.91 Å². The number of rotatable bonds is 4. The molecule has 0 fully saturated rings. The summed E-state index contributed by atoms with van der Waals surface area (Å²) >= 11 is 1.40. The number of fused-ring (bicyclic) bond motifs is 1. The van der Waals surface area contributed by atoms with E-state index in [0.29, 0.717) is 24.5 Å². The molecule has 1 aliphatic rings. The Kier molecular flexibility index (Phi) is 4.19. The van der Waals surface area contributed by atoms with E-state index in [1.54, 1.807) is 12.5 Å². The van der Waals surface area contributed by atoms with Crippen LogP contribution in [-0.2, 0) is 17.6 Å². The Morgan fingerprint density at radius 3 is 3.08 bits per heavy atom. The Labute approximate surface area is 148 Å². The zero-order valence-corrected chi connectivity index (χ0v) is 14.4. The molecule has 7 nitrogen and oxygen atoms in total. The zero-order chi connectivity index (χ0) is 17.2. The number of carbonyl (C=O) groups excluding carboxylic acids is 1. The number of thiazole rings is 1. The molecule has 0 saturated heterocycles. The van der Waals surface area contributed by atoms with Gasteiger partial charge in [0, 0.05) is 36.7 Å². The number of imidazole rings is 1. The predicted molar refractivity (Wildman–Crippen MR) is 94.9 cm³/mol. The van der Waals surface area contributed by atoms with Crippen LogP contribution in [0.25, 0.3) is 0 Å². The molecule has 1 atom stereocenters. The number of aromatic amines is 1. The molecule has 4 rings (SSSR count). The molecule has 0 unspecified atom stereocenters. The largest absolute Gasteiger partial charge is 0.375 e. The average Bonchev–Trinajstić information content (AvgIpc) is 3.28. The maximum absolute atomic E-state index is 12.9. The third-order valence-electron chi connectivity index (χ3n) is 4.38. The first-order chi connectivity index (χ1) is 12.2. The second kappa shape index (κ2) is 6.64. The number of pyridine rings is 1. The molecule has 128 valence electrons. The quantitative estimate of drug-likeness (QED) is 0.746. The van der Waals surface area contributed by atoms with Crippen molar-refractivity contribution in [3.8, 4) is 0 Å². The summed E-state index contributed by atoms with van der Waals surface area (Å²) in [6.45, 7) is 0.647. The Balaban J connectivity index is 1.58. The Morgan fingerprint density at radius 2 is 2.32 bits per heavy atom. The number of nitrogens with zero attached hydrogens (tertiary/aromatic N) is 4. The van der Waals surface area contributed by atoms with Gasteiger partial charge in [-0.25, -0.2) is 9.97 Å². The van der Waals surface area contributed by atoms with Crippen LogP contribution in [-0.4, -0.2) is 37.3 Å². The lowest BCUT2D eigenvalue weighted by Crippen LogP contribution is -2.41. The number of nitrogens with two attached hydrogens (primary N) is 1. The van der Waals surface area contributed by atoms with Crippen molar-refractivity contribution < 1.29 is 4.79 Å². The summed E-state index contributed by atoms with van der Waals surface area (Å²) in [5.74, 6) is 0.0795. The molecule has 1 amide bonds. The van der Waals surface area contributed by atoms with Crippen LogP contribution in [0.2, 0.25) is 0 Å². The predicted octanol–water partition coefficient (Wildman–Crippen LogP) is 1.95. The second-order valence-corrected chi connectivity index (χ2v) is 6.83. The normalized spacial score (nSPS) is 16.6. The van der Waals surface area contributed by atoms with E-state index in [-0.39, 0.29) is 11.9 Å². The standard InChI is InChI=1S/C17H18N6OS/c18-17-22-11(9-25-17)4-5-14(24)23-8-6-12-15(21-10-20-12)16(23)13-3-1-2-7-19-13/h1-3,7,9-10,16H,4-6,8H2,(H2,18,22)(H,20,21)/t16-/m1/s1. The Morgan fingerprint density at radius 1 is 1.40 bits per heavy atom. The number of aryl methyl sites for hydroxylation is 1. The summed E-state index contributed by atoms with van der Waals surface area (Å²) in [6, 6.07) is 5.50. The number of nitrogens with one attached hydrogen (secondary N) is 1. The van der Waals surface area contributed by atoms with Crippen LogP contribution in [0.1, 0.15) is 35.2 Å². The van der Waals surface area contributed by atoms with Crippen LogP contribution in [0.5, 0.6) is 0 Å². The van der Waals surface area contributed by atoms with Gasteiger partial charge in [0.25, 0.3) is 0 Å². The topological polar surface area (TPSA) is 101 Å². The summed E-state index contributed by atoms with van der Waals surface area (Å²) in [5.41, 5.74) is 9.32. The highest BCUT2D eigenvalue weighted by molar-refractivity contribution is 7.13. The van der Waals surface area contributed by atoms with Crippen molar-refractivity contribution >= 4 is 22.4 Å². The fraction of sp³-hybridized carbons (Fsp3) is 0.294. The van der Waals surface area contributed by atoms with E-state index in [4.69, 9.17) is 5.73 Å². The summed E-state index contributed by atoms with van der Waals surface area (Å²) in [6.07, 6.45) is 5.19. The van der Waals surface area contributed by atoms with Crippen LogP contribution in [0.4, 0.5) is 5.13 Å². The Hall–Kier alpha value is -2.74. The molecular formula is C17H18N6OS. The van der Waals surface area contributed by atoms with Crippen molar-refractivity contribution in [2.24, 2.45) is 0 Å². The number of carbonyl (C=O) groups is 1. The highest BCUT2D eigenvalue weighted by atomic mass is 32.1. The molecule has 0 spiro atoms. The lowest BCUT2D eigenvalue weighted by Gasteiger charge is -2.34. The molecule has 0 aromatic carbocycles. The van der Waals surface area contributed by atoms with Crippen molar-refractivity contribution in [2.45, 2.75) is 25.3 Å². The monoisotopic (exact) mass is 354 g/mol. The lowest BCUT2D eigenvalue weighted by molar-refractivity contribution is -0.133. The van der Waals surface area contributed by atoms with Crippen molar-refractivity contribution in [3.63, 3.8) is 0 Å². The van der Waals surface area contributed by atoms with E-state index in [1.807, 2.05) is 28.5 Å². The minimum absolute atomic E-state index is 0.0795. The van der Waals surface area contributed by atoms with Crippen molar-refractivity contribution in [2.75, 3.05) is 12.3 Å². The molecule has 8 heteroatoms. The summed E-state index contributed by atoms with van der Waals surface area (Å²) in [4.78, 5) is 31.1. The average molecular weight is 354 g/mol. The fourth-order valence-electron chi connectivity index (χ4n) is 3.20. The van der Waals surface area contributed by atoms with Gasteiger partial charge in [-0.2, -0.15) is 0 Å². The van der Waals surface area contributed by atoms with E-state index in [2.05, 4.69) is 19.9 Å². The number of aromatic nitrogens is 4. The lowest BCUT2D eigenvalue weighted by atomic mass is 9.98. The molecule has 0 aliphatic carbocycles. The number of hydrogen-bond acceptors (Lipinski definition) is 6. The highest BCUT2D eigenvalue weighted by Crippen LogP contribution is 2.32. The summed E-state index contributed by atoms with van der Waals surface area (Å²) < 4.78 is 0. The van der Waals surface area contributed by atoms with Crippen molar-refractivity contribution in [3.05, 3.63) is 58.9 Å². The number of nitrogen functional groups attached to an aromatic ring is 1. The number of H-pyrrole nitrogens is 1. The van der Waals surface area contributed by atoms with E-state index in [0.717, 1.165) is 29.2 Å². The maximum atomic E-state index is 12.9. The van der Waals surface area contributed by atoms with Crippen molar-refractivity contribution in [1.82, 2.24) is 24.8 Å². The highest BCUT2D eigenvalue weighted by Gasteiger charge is 2.34. The van der Waals surface area contributed by atoms with Crippen molar-refractivity contribution in [1.29, 1.82) is 0 Å². The molecule has 0 radical (unpaired) electrons. The zero-order valence-electron chi connectivity index (χ0n) is 13.6. The van der Waals surface area contributed by atoms with Gasteiger partial charge in [0.15, 0.2) is 5.13 Å². The van der Waals surface area contributed by atoms with Gasteiger partial charge >= 0.3 is 0 Å². The number of anilines is 1. The minimum Gasteiger partial charge on any atom is -0.375 e. The molecule has 3 aromatic heterocycles. The summed E-state index contributed by atoms with van der Waals surface area (Å²) in [7, 11) is 0. The first-order valence-electron chi connectivity index (χ1n) is 8.15. The second-order valence-electron chi connectivity index (χ2n) is 5.94. The van der Waals surface area contributed by atoms with Crippen LogP contribution < -0.4 is 5.73 Å². The van der Waals surface area contributed by atoms with E-state index in [1.165, 1.54) is 11.3 Å². The third kappa shape index (κ3) is 3.12. The van der Waals surface area contributed by atoms with Gasteiger partial charge in [-0.05, 0) is 18.6 Å². The molecular weight excluding hydrogens is 336 g/mol. The fourth-order valence-corrected chi connectivity index (χ4v) is 3.80. The first-order valence-corrected chi connectivity index (χ1v) is 9.03. The van der Waals surface area contributed by atoms with E-state index in [9.17, 15) is 4.79 Å². The minimum atomic E-state index is -0.246. The van der Waals surface area contributed by atoms with E-state index >= 15 is 0 Å². The van der Waals surface area contributed by atoms with Gasteiger partial charge in [-0.3, -0.25) is 9.78 Å². The van der Waals surface area contributed by atoms with Gasteiger partial charge in [0.1, 0.15) is 6.04 Å². The third-order valence-corrected chi connectivity index (χ3v) is 5.10. The van der Waals surface area contributed by atoms with Gasteiger partial charge in [0.05, 0.1) is 23.4 Å². The summed E-state index contributed by atoms with van der Waals surface area (Å²) in [5, 5.41) is 2.44. The van der Waals surface area contributed by atoms with Crippen LogP contribution in [0.15, 0.2) is 36.1 Å². The maximum Gasteiger partial charge on any atom is 0.223 e. The smallest absolute Gasteiger partial charge is 0.223 e. The van der Waals surface area contributed by atoms with Crippen LogP contribution in [0.3, 0.4) is 0 Å². The molecule has 0 bridgehead atoms. The van der Waals surface area contributed by atoms with Crippen LogP contribution >= 0.6 is 11.3 Å². The Bertz CT molecular complexity index is 874. The van der Waals surface area contributed by atoms with E-state index < -0.39 is 0 Å². The number of hydrogen-bond donors (Lipinski definition) is 2. The van der Waals surface area contributed by atoms with Gasteiger partial charge in [-0.15, -0.1) is 11.3 Å². The van der Waals surface area contributed by atoms with Gasteiger partial charge in [-0.1, -0.05) is 6.07 Å². The molecule has 4 heterocycles. The molecule has 3 N–H and O–H groups in total. The SMILES string of the molecule is Nc1nc(CCC(=O)N2CCc3[nH]cnc3[C@H]2c2ccccn2)cs1.